The molecule has 0 saturated heterocycles. The number of aryl methyl sites for hydroxylation is 1. The Kier molecular flexibility index (Phi) is 5.70. The predicted molar refractivity (Wildman–Crippen MR) is 102 cm³/mol. The first-order valence-corrected chi connectivity index (χ1v) is 8.99. The van der Waals surface area contributed by atoms with E-state index in [1.807, 2.05) is 24.3 Å². The summed E-state index contributed by atoms with van der Waals surface area (Å²) in [5.41, 5.74) is 7.71. The second-order valence-electron chi connectivity index (χ2n) is 5.69. The van der Waals surface area contributed by atoms with Crippen molar-refractivity contribution in [2.45, 2.75) is 19.3 Å². The molecule has 2 amide bonds. The van der Waals surface area contributed by atoms with Gasteiger partial charge in [0, 0.05) is 36.1 Å². The monoisotopic (exact) mass is 366 g/mol. The Morgan fingerprint density at radius 1 is 1.12 bits per heavy atom. The molecule has 2 aromatic heterocycles. The van der Waals surface area contributed by atoms with Gasteiger partial charge in [0.15, 0.2) is 5.13 Å². The van der Waals surface area contributed by atoms with Crippen LogP contribution in [0.2, 0.25) is 0 Å². The summed E-state index contributed by atoms with van der Waals surface area (Å²) in [5.74, 6) is -0.551. The van der Waals surface area contributed by atoms with Gasteiger partial charge in [-0.05, 0) is 30.5 Å². The molecule has 132 valence electrons. The first-order valence-electron chi connectivity index (χ1n) is 8.17. The molecule has 26 heavy (non-hydrogen) atoms. The number of hydrogen-bond acceptors (Lipinski definition) is 5. The Hall–Kier alpha value is -3.06. The summed E-state index contributed by atoms with van der Waals surface area (Å²) in [4.78, 5) is 32.8. The lowest BCUT2D eigenvalue weighted by Gasteiger charge is -2.06. The van der Waals surface area contributed by atoms with E-state index in [1.165, 1.54) is 11.3 Å². The lowest BCUT2D eigenvalue weighted by atomic mass is 10.0. The van der Waals surface area contributed by atoms with Crippen LogP contribution in [0.25, 0.3) is 10.4 Å². The minimum Gasteiger partial charge on any atom is -0.366 e. The van der Waals surface area contributed by atoms with E-state index in [0.717, 1.165) is 16.0 Å². The van der Waals surface area contributed by atoms with Crippen LogP contribution in [-0.2, 0) is 11.2 Å². The summed E-state index contributed by atoms with van der Waals surface area (Å²) in [6.45, 7) is 0. The van der Waals surface area contributed by atoms with Gasteiger partial charge in [-0.3, -0.25) is 14.6 Å². The van der Waals surface area contributed by atoms with Gasteiger partial charge in [-0.2, -0.15) is 0 Å². The number of amides is 2. The summed E-state index contributed by atoms with van der Waals surface area (Å²) < 4.78 is 0. The number of carbonyl (C=O) groups is 2. The van der Waals surface area contributed by atoms with Gasteiger partial charge >= 0.3 is 0 Å². The lowest BCUT2D eigenvalue weighted by Crippen LogP contribution is -2.14. The molecule has 6 nitrogen and oxygen atoms in total. The molecule has 0 fully saturated rings. The predicted octanol–water partition coefficient (Wildman–Crippen LogP) is 3.27. The van der Waals surface area contributed by atoms with Crippen LogP contribution in [0.4, 0.5) is 5.13 Å². The van der Waals surface area contributed by atoms with Crippen LogP contribution in [-0.4, -0.2) is 21.8 Å². The van der Waals surface area contributed by atoms with Crippen LogP contribution in [0.15, 0.2) is 55.0 Å². The van der Waals surface area contributed by atoms with Gasteiger partial charge in [-0.1, -0.05) is 35.6 Å². The SMILES string of the molecule is NC(=O)c1ccccc1CCCC(=O)Nc1ncc(-c2cccnc2)s1. The number of nitrogens with two attached hydrogens (primary N) is 1. The molecule has 0 bridgehead atoms. The molecular formula is C19H18N4O2S. The van der Waals surface area contributed by atoms with E-state index in [4.69, 9.17) is 5.73 Å². The number of benzene rings is 1. The zero-order valence-corrected chi connectivity index (χ0v) is 14.8. The Bertz CT molecular complexity index is 909. The van der Waals surface area contributed by atoms with Gasteiger partial charge in [-0.25, -0.2) is 4.98 Å². The number of pyridine rings is 1. The maximum atomic E-state index is 12.1. The van der Waals surface area contributed by atoms with E-state index >= 15 is 0 Å². The van der Waals surface area contributed by atoms with E-state index in [1.54, 1.807) is 30.7 Å². The fourth-order valence-electron chi connectivity index (χ4n) is 2.57. The minimum atomic E-state index is -0.448. The van der Waals surface area contributed by atoms with E-state index in [0.29, 0.717) is 30.0 Å². The van der Waals surface area contributed by atoms with Crippen molar-refractivity contribution in [3.05, 3.63) is 66.1 Å². The van der Waals surface area contributed by atoms with Crippen LogP contribution in [0.5, 0.6) is 0 Å². The van der Waals surface area contributed by atoms with Crippen LogP contribution >= 0.6 is 11.3 Å². The molecule has 3 aromatic rings. The summed E-state index contributed by atoms with van der Waals surface area (Å²) >= 11 is 1.41. The Morgan fingerprint density at radius 3 is 2.73 bits per heavy atom. The number of nitrogens with one attached hydrogen (secondary N) is 1. The molecule has 0 unspecified atom stereocenters. The molecule has 0 atom stereocenters. The molecule has 3 rings (SSSR count). The van der Waals surface area contributed by atoms with Crippen molar-refractivity contribution >= 4 is 28.3 Å². The molecule has 2 heterocycles. The van der Waals surface area contributed by atoms with Crippen LogP contribution in [0, 0.1) is 0 Å². The average Bonchev–Trinajstić information content (AvgIpc) is 3.11. The molecule has 0 aliphatic rings. The second-order valence-corrected chi connectivity index (χ2v) is 6.73. The second kappa shape index (κ2) is 8.35. The highest BCUT2D eigenvalue weighted by molar-refractivity contribution is 7.19. The van der Waals surface area contributed by atoms with E-state index in [-0.39, 0.29) is 5.91 Å². The maximum absolute atomic E-state index is 12.1. The molecule has 0 radical (unpaired) electrons. The first-order chi connectivity index (χ1) is 12.6. The van der Waals surface area contributed by atoms with Gasteiger partial charge < -0.3 is 11.1 Å². The zero-order valence-electron chi connectivity index (χ0n) is 14.0. The highest BCUT2D eigenvalue weighted by Gasteiger charge is 2.10. The zero-order chi connectivity index (χ0) is 18.4. The minimum absolute atomic E-state index is 0.103. The molecule has 7 heteroatoms. The summed E-state index contributed by atoms with van der Waals surface area (Å²) in [6, 6.07) is 11.0. The molecule has 1 aromatic carbocycles. The van der Waals surface area contributed by atoms with Crippen molar-refractivity contribution in [3.63, 3.8) is 0 Å². The number of primary amides is 1. The Balaban J connectivity index is 1.52. The molecule has 0 aliphatic carbocycles. The smallest absolute Gasteiger partial charge is 0.248 e. The van der Waals surface area contributed by atoms with Crippen molar-refractivity contribution in [1.29, 1.82) is 0 Å². The number of carbonyl (C=O) groups excluding carboxylic acids is 2. The van der Waals surface area contributed by atoms with Crippen molar-refractivity contribution < 1.29 is 9.59 Å². The Morgan fingerprint density at radius 2 is 1.96 bits per heavy atom. The van der Waals surface area contributed by atoms with Crippen molar-refractivity contribution in [3.8, 4) is 10.4 Å². The van der Waals surface area contributed by atoms with E-state index in [9.17, 15) is 9.59 Å². The molecular weight excluding hydrogens is 348 g/mol. The fourth-order valence-corrected chi connectivity index (χ4v) is 3.40. The summed E-state index contributed by atoms with van der Waals surface area (Å²) in [7, 11) is 0. The highest BCUT2D eigenvalue weighted by Crippen LogP contribution is 2.28. The topological polar surface area (TPSA) is 98.0 Å². The number of nitrogens with zero attached hydrogens (tertiary/aromatic N) is 2. The van der Waals surface area contributed by atoms with Crippen LogP contribution in [0.3, 0.4) is 0 Å². The number of rotatable bonds is 7. The van der Waals surface area contributed by atoms with Gasteiger partial charge in [0.25, 0.3) is 0 Å². The van der Waals surface area contributed by atoms with Crippen molar-refractivity contribution in [2.24, 2.45) is 5.73 Å². The largest absolute Gasteiger partial charge is 0.366 e. The average molecular weight is 366 g/mol. The third-order valence-corrected chi connectivity index (χ3v) is 4.79. The van der Waals surface area contributed by atoms with Gasteiger partial charge in [0.2, 0.25) is 11.8 Å². The quantitative estimate of drug-likeness (QED) is 0.670. The highest BCUT2D eigenvalue weighted by atomic mass is 32.1. The third kappa shape index (κ3) is 4.52. The fraction of sp³-hybridized carbons (Fsp3) is 0.158. The molecule has 0 aliphatic heterocycles. The van der Waals surface area contributed by atoms with Crippen LogP contribution in [0.1, 0.15) is 28.8 Å². The summed E-state index contributed by atoms with van der Waals surface area (Å²) in [5, 5.41) is 3.37. The standard InChI is InChI=1S/C19H18N4O2S/c20-18(25)15-8-2-1-5-13(15)6-3-9-17(24)23-19-22-12-16(26-19)14-7-4-10-21-11-14/h1-2,4-5,7-8,10-12H,3,6,9H2,(H2,20,25)(H,22,23,24). The lowest BCUT2D eigenvalue weighted by molar-refractivity contribution is -0.116. The van der Waals surface area contributed by atoms with Gasteiger partial charge in [-0.15, -0.1) is 0 Å². The number of aromatic nitrogens is 2. The number of hydrogen-bond donors (Lipinski definition) is 2. The van der Waals surface area contributed by atoms with Crippen molar-refractivity contribution in [2.75, 3.05) is 5.32 Å². The number of anilines is 1. The van der Waals surface area contributed by atoms with E-state index in [2.05, 4.69) is 15.3 Å². The van der Waals surface area contributed by atoms with Gasteiger partial charge in [0.05, 0.1) is 4.88 Å². The first kappa shape index (κ1) is 17.8. The summed E-state index contributed by atoms with van der Waals surface area (Å²) in [6.07, 6.45) is 6.77. The van der Waals surface area contributed by atoms with Crippen LogP contribution < -0.4 is 11.1 Å². The Labute approximate surface area is 155 Å². The van der Waals surface area contributed by atoms with E-state index < -0.39 is 5.91 Å². The van der Waals surface area contributed by atoms with Crippen molar-refractivity contribution in [1.82, 2.24) is 9.97 Å². The van der Waals surface area contributed by atoms with Gasteiger partial charge in [0.1, 0.15) is 0 Å². The molecule has 0 saturated carbocycles. The molecule has 0 spiro atoms. The molecule has 3 N–H and O–H groups in total. The maximum Gasteiger partial charge on any atom is 0.248 e. The normalized spacial score (nSPS) is 10.5. The third-order valence-electron chi connectivity index (χ3n) is 3.83. The number of thiazole rings is 1.